The molecule has 2 saturated heterocycles. The first-order chi connectivity index (χ1) is 13.2. The summed E-state index contributed by atoms with van der Waals surface area (Å²) >= 11 is 0. The van der Waals surface area contributed by atoms with Gasteiger partial charge in [-0.3, -0.25) is 9.67 Å². The molecule has 0 aliphatic carbocycles. The van der Waals surface area contributed by atoms with Gasteiger partial charge in [0.05, 0.1) is 18.0 Å². The highest BCUT2D eigenvalue weighted by Crippen LogP contribution is 2.18. The summed E-state index contributed by atoms with van der Waals surface area (Å²) in [5.74, 6) is 0.874. The smallest absolute Gasteiger partial charge is 0.191 e. The van der Waals surface area contributed by atoms with Crippen molar-refractivity contribution in [2.45, 2.75) is 44.2 Å². The summed E-state index contributed by atoms with van der Waals surface area (Å²) in [6.45, 7) is 5.36. The lowest BCUT2D eigenvalue weighted by Gasteiger charge is -2.34. The van der Waals surface area contributed by atoms with Crippen molar-refractivity contribution in [2.75, 3.05) is 51.4 Å². The van der Waals surface area contributed by atoms with Crippen LogP contribution in [0.3, 0.4) is 0 Å². The number of aromatic nitrogens is 2. The molecule has 1 aromatic rings. The molecule has 0 saturated carbocycles. The lowest BCUT2D eigenvalue weighted by molar-refractivity contribution is -0.0320. The van der Waals surface area contributed by atoms with E-state index in [1.54, 1.807) is 0 Å². The number of nitrogens with one attached hydrogen (secondary N) is 2. The number of anilines is 1. The van der Waals surface area contributed by atoms with E-state index >= 15 is 0 Å². The fourth-order valence-electron chi connectivity index (χ4n) is 3.66. The van der Waals surface area contributed by atoms with Crippen molar-refractivity contribution in [2.24, 2.45) is 12.0 Å². The Balaban J connectivity index is 0.00000280. The largest absolute Gasteiger partial charge is 0.381 e. The number of halogens is 1. The van der Waals surface area contributed by atoms with Gasteiger partial charge in [0.1, 0.15) is 0 Å². The first kappa shape index (κ1) is 23.2. The Morgan fingerprint density at radius 2 is 2.18 bits per heavy atom. The number of hydrogen-bond donors (Lipinski definition) is 2. The molecular weight excluding hydrogens is 471 g/mol. The van der Waals surface area contributed by atoms with E-state index in [0.29, 0.717) is 12.1 Å². The standard InChI is InChI=1S/C19H34N6O2.HI/c1-20-19(21-8-4-10-27-18-6-11-26-12-7-18)23-16-5-3-9-25(14-16)17-13-22-24(2)15-17;/h13,15-16,18H,3-12,14H2,1-2H3,(H2,20,21,23);1H. The quantitative estimate of drug-likeness (QED) is 0.254. The summed E-state index contributed by atoms with van der Waals surface area (Å²) in [6, 6.07) is 0.392. The van der Waals surface area contributed by atoms with Crippen molar-refractivity contribution < 1.29 is 9.47 Å². The minimum atomic E-state index is 0. The highest BCUT2D eigenvalue weighted by atomic mass is 127. The number of rotatable bonds is 7. The number of nitrogens with zero attached hydrogens (tertiary/aromatic N) is 4. The monoisotopic (exact) mass is 506 g/mol. The molecule has 0 spiro atoms. The van der Waals surface area contributed by atoms with Gasteiger partial charge >= 0.3 is 0 Å². The summed E-state index contributed by atoms with van der Waals surface area (Å²) in [7, 11) is 3.79. The van der Waals surface area contributed by atoms with Crippen LogP contribution < -0.4 is 15.5 Å². The second-order valence-corrected chi connectivity index (χ2v) is 7.34. The summed E-state index contributed by atoms with van der Waals surface area (Å²) in [6.07, 6.45) is 9.73. The van der Waals surface area contributed by atoms with Gasteiger partial charge in [0.2, 0.25) is 0 Å². The van der Waals surface area contributed by atoms with Gasteiger partial charge in [0, 0.05) is 65.8 Å². The molecule has 8 nitrogen and oxygen atoms in total. The van der Waals surface area contributed by atoms with E-state index in [4.69, 9.17) is 9.47 Å². The first-order valence-corrected chi connectivity index (χ1v) is 10.1. The highest BCUT2D eigenvalue weighted by molar-refractivity contribution is 14.0. The van der Waals surface area contributed by atoms with E-state index in [2.05, 4.69) is 31.8 Å². The van der Waals surface area contributed by atoms with Crippen LogP contribution in [0.5, 0.6) is 0 Å². The van der Waals surface area contributed by atoms with Crippen LogP contribution in [0, 0.1) is 0 Å². The fraction of sp³-hybridized carbons (Fsp3) is 0.789. The van der Waals surface area contributed by atoms with Crippen LogP contribution in [0.1, 0.15) is 32.1 Å². The molecule has 0 aromatic carbocycles. The number of ether oxygens (including phenoxy) is 2. The molecule has 3 rings (SSSR count). The third-order valence-corrected chi connectivity index (χ3v) is 5.18. The van der Waals surface area contributed by atoms with Crippen LogP contribution in [-0.2, 0) is 16.5 Å². The Morgan fingerprint density at radius 3 is 2.89 bits per heavy atom. The van der Waals surface area contributed by atoms with Crippen molar-refractivity contribution in [3.8, 4) is 0 Å². The normalized spacial score (nSPS) is 21.3. The molecule has 9 heteroatoms. The zero-order valence-corrected chi connectivity index (χ0v) is 19.4. The minimum absolute atomic E-state index is 0. The first-order valence-electron chi connectivity index (χ1n) is 10.1. The molecule has 0 bridgehead atoms. The third kappa shape index (κ3) is 7.40. The summed E-state index contributed by atoms with van der Waals surface area (Å²) in [4.78, 5) is 6.77. The summed E-state index contributed by atoms with van der Waals surface area (Å²) in [5, 5.41) is 11.3. The number of hydrogen-bond acceptors (Lipinski definition) is 5. The van der Waals surface area contributed by atoms with Gasteiger partial charge < -0.3 is 25.0 Å². The second kappa shape index (κ2) is 12.5. The lowest BCUT2D eigenvalue weighted by atomic mass is 10.1. The number of aryl methyl sites for hydroxylation is 1. The van der Waals surface area contributed by atoms with Crippen LogP contribution >= 0.6 is 24.0 Å². The van der Waals surface area contributed by atoms with Gasteiger partial charge in [-0.05, 0) is 32.1 Å². The molecule has 3 heterocycles. The Morgan fingerprint density at radius 1 is 1.36 bits per heavy atom. The van der Waals surface area contributed by atoms with Crippen LogP contribution in [0.15, 0.2) is 17.4 Å². The lowest BCUT2D eigenvalue weighted by Crippen LogP contribution is -2.51. The third-order valence-electron chi connectivity index (χ3n) is 5.18. The minimum Gasteiger partial charge on any atom is -0.381 e. The number of aliphatic imine (C=N–C) groups is 1. The topological polar surface area (TPSA) is 75.9 Å². The molecule has 2 N–H and O–H groups in total. The Labute approximate surface area is 185 Å². The van der Waals surface area contributed by atoms with E-state index in [0.717, 1.165) is 71.1 Å². The molecule has 160 valence electrons. The van der Waals surface area contributed by atoms with E-state index in [-0.39, 0.29) is 24.0 Å². The van der Waals surface area contributed by atoms with Crippen molar-refractivity contribution in [3.63, 3.8) is 0 Å². The van der Waals surface area contributed by atoms with Gasteiger partial charge in [-0.2, -0.15) is 5.10 Å². The fourth-order valence-corrected chi connectivity index (χ4v) is 3.66. The molecule has 1 atom stereocenters. The Kier molecular flexibility index (Phi) is 10.3. The molecule has 1 unspecified atom stereocenters. The van der Waals surface area contributed by atoms with E-state index in [1.165, 1.54) is 12.1 Å². The van der Waals surface area contributed by atoms with Gasteiger partial charge in [0.25, 0.3) is 0 Å². The van der Waals surface area contributed by atoms with E-state index in [1.807, 2.05) is 25.0 Å². The average Bonchev–Trinajstić information content (AvgIpc) is 3.14. The molecule has 2 aliphatic heterocycles. The summed E-state index contributed by atoms with van der Waals surface area (Å²) in [5.41, 5.74) is 1.19. The van der Waals surface area contributed by atoms with Crippen LogP contribution in [0.4, 0.5) is 5.69 Å². The van der Waals surface area contributed by atoms with Gasteiger partial charge in [-0.15, -0.1) is 24.0 Å². The molecule has 0 radical (unpaired) electrons. The molecule has 2 fully saturated rings. The summed E-state index contributed by atoms with van der Waals surface area (Å²) < 4.78 is 13.1. The number of piperidine rings is 1. The molecule has 28 heavy (non-hydrogen) atoms. The maximum absolute atomic E-state index is 5.92. The molecular formula is C19H35IN6O2. The molecule has 2 aliphatic rings. The van der Waals surface area contributed by atoms with E-state index < -0.39 is 0 Å². The predicted octanol–water partition coefficient (Wildman–Crippen LogP) is 1.76. The van der Waals surface area contributed by atoms with E-state index in [9.17, 15) is 0 Å². The van der Waals surface area contributed by atoms with Crippen molar-refractivity contribution in [1.29, 1.82) is 0 Å². The van der Waals surface area contributed by atoms with Crippen molar-refractivity contribution >= 4 is 35.6 Å². The van der Waals surface area contributed by atoms with Gasteiger partial charge in [0.15, 0.2) is 5.96 Å². The van der Waals surface area contributed by atoms with Gasteiger partial charge in [-0.25, -0.2) is 0 Å². The molecule has 1 aromatic heterocycles. The predicted molar refractivity (Wildman–Crippen MR) is 123 cm³/mol. The maximum atomic E-state index is 5.92. The van der Waals surface area contributed by atoms with Gasteiger partial charge in [-0.1, -0.05) is 0 Å². The van der Waals surface area contributed by atoms with Crippen LogP contribution in [0.2, 0.25) is 0 Å². The zero-order valence-electron chi connectivity index (χ0n) is 17.1. The maximum Gasteiger partial charge on any atom is 0.191 e. The van der Waals surface area contributed by atoms with Crippen molar-refractivity contribution in [3.05, 3.63) is 12.4 Å². The second-order valence-electron chi connectivity index (χ2n) is 7.34. The highest BCUT2D eigenvalue weighted by Gasteiger charge is 2.21. The number of guanidine groups is 1. The Bertz CT molecular complexity index is 591. The SMILES string of the molecule is CN=C(NCCCOC1CCOCC1)NC1CCCN(c2cnn(C)c2)C1.I. The van der Waals surface area contributed by atoms with Crippen LogP contribution in [0.25, 0.3) is 0 Å². The average molecular weight is 506 g/mol. The zero-order chi connectivity index (χ0) is 18.9. The molecule has 0 amide bonds. The van der Waals surface area contributed by atoms with Crippen molar-refractivity contribution in [1.82, 2.24) is 20.4 Å². The Hall–Kier alpha value is -1.07. The van der Waals surface area contributed by atoms with Crippen LogP contribution in [-0.4, -0.2) is 74.4 Å².